The number of nitrogens with zero attached hydrogens (tertiary/aromatic N) is 4. The van der Waals surface area contributed by atoms with Crippen molar-refractivity contribution in [2.24, 2.45) is 5.92 Å². The minimum absolute atomic E-state index is 0.560. The summed E-state index contributed by atoms with van der Waals surface area (Å²) in [6.45, 7) is 4.65. The molecule has 0 aromatic carbocycles. The smallest absolute Gasteiger partial charge is 0.150 e. The molecule has 1 aliphatic rings. The third-order valence-electron chi connectivity index (χ3n) is 4.01. The highest BCUT2D eigenvalue weighted by Crippen LogP contribution is 2.27. The lowest BCUT2D eigenvalue weighted by Crippen LogP contribution is -2.36. The van der Waals surface area contributed by atoms with E-state index in [1.165, 1.54) is 0 Å². The van der Waals surface area contributed by atoms with Gasteiger partial charge in [0.25, 0.3) is 0 Å². The Morgan fingerprint density at radius 2 is 2.09 bits per heavy atom. The number of piperidine rings is 1. The van der Waals surface area contributed by atoms with Gasteiger partial charge in [-0.3, -0.25) is 4.98 Å². The van der Waals surface area contributed by atoms with Gasteiger partial charge in [0.05, 0.1) is 12.8 Å². The molecule has 6 heteroatoms. The van der Waals surface area contributed by atoms with Gasteiger partial charge in [-0.25, -0.2) is 9.97 Å². The van der Waals surface area contributed by atoms with Gasteiger partial charge in [0.2, 0.25) is 0 Å². The van der Waals surface area contributed by atoms with Crippen molar-refractivity contribution in [3.05, 3.63) is 41.6 Å². The van der Waals surface area contributed by atoms with Crippen LogP contribution in [0.1, 0.15) is 18.4 Å². The number of anilines is 1. The van der Waals surface area contributed by atoms with Crippen LogP contribution < -0.4 is 9.64 Å². The summed E-state index contributed by atoms with van der Waals surface area (Å²) in [5.74, 6) is 2.32. The molecule has 0 radical (unpaired) electrons. The number of ether oxygens (including phenoxy) is 1. The van der Waals surface area contributed by atoms with E-state index in [1.807, 2.05) is 19.2 Å². The average Bonchev–Trinajstić information content (AvgIpc) is 2.55. The predicted molar refractivity (Wildman–Crippen MR) is 86.4 cm³/mol. The van der Waals surface area contributed by atoms with E-state index in [-0.39, 0.29) is 0 Å². The standard InChI is InChI=1S/C16H19ClN4O/c1-12-8-18-5-2-15(12)22-10-13-3-6-21(7-4-13)16-14(17)9-19-11-20-16/h2,5,8-9,11,13H,3-4,6-7,10H2,1H3. The lowest BCUT2D eigenvalue weighted by Gasteiger charge is -2.33. The van der Waals surface area contributed by atoms with Crippen LogP contribution in [0.5, 0.6) is 5.75 Å². The second-order valence-corrected chi connectivity index (χ2v) is 5.98. The first-order valence-electron chi connectivity index (χ1n) is 7.48. The molecule has 22 heavy (non-hydrogen) atoms. The fourth-order valence-corrected chi connectivity index (χ4v) is 2.91. The molecule has 2 aromatic heterocycles. The highest BCUT2D eigenvalue weighted by molar-refractivity contribution is 6.32. The molecule has 1 saturated heterocycles. The monoisotopic (exact) mass is 318 g/mol. The molecule has 2 aromatic rings. The lowest BCUT2D eigenvalue weighted by molar-refractivity contribution is 0.221. The zero-order valence-corrected chi connectivity index (χ0v) is 13.3. The number of halogens is 1. The van der Waals surface area contributed by atoms with Crippen molar-refractivity contribution < 1.29 is 4.74 Å². The Balaban J connectivity index is 1.52. The largest absolute Gasteiger partial charge is 0.493 e. The second kappa shape index (κ2) is 6.92. The quantitative estimate of drug-likeness (QED) is 0.867. The molecule has 0 bridgehead atoms. The number of rotatable bonds is 4. The van der Waals surface area contributed by atoms with Crippen molar-refractivity contribution in [3.63, 3.8) is 0 Å². The van der Waals surface area contributed by atoms with Crippen LogP contribution in [0.3, 0.4) is 0 Å². The fourth-order valence-electron chi connectivity index (χ4n) is 2.68. The van der Waals surface area contributed by atoms with Crippen LogP contribution in [-0.4, -0.2) is 34.6 Å². The van der Waals surface area contributed by atoms with Gasteiger partial charge in [-0.2, -0.15) is 0 Å². The van der Waals surface area contributed by atoms with Gasteiger partial charge in [-0.1, -0.05) is 11.6 Å². The molecule has 0 aliphatic carbocycles. The van der Waals surface area contributed by atoms with Crippen molar-refractivity contribution in [2.75, 3.05) is 24.6 Å². The van der Waals surface area contributed by atoms with Crippen LogP contribution >= 0.6 is 11.6 Å². The number of aromatic nitrogens is 3. The van der Waals surface area contributed by atoms with E-state index < -0.39 is 0 Å². The number of pyridine rings is 1. The van der Waals surface area contributed by atoms with Gasteiger partial charge < -0.3 is 9.64 Å². The van der Waals surface area contributed by atoms with E-state index in [0.29, 0.717) is 10.9 Å². The SMILES string of the molecule is Cc1cnccc1OCC1CCN(c2ncncc2Cl)CC1. The molecule has 0 spiro atoms. The van der Waals surface area contributed by atoms with Gasteiger partial charge in [-0.05, 0) is 31.7 Å². The summed E-state index contributed by atoms with van der Waals surface area (Å²) in [5.41, 5.74) is 1.08. The van der Waals surface area contributed by atoms with E-state index in [2.05, 4.69) is 19.9 Å². The molecule has 3 rings (SSSR count). The summed E-state index contributed by atoms with van der Waals surface area (Å²) in [6, 6.07) is 1.92. The van der Waals surface area contributed by atoms with E-state index >= 15 is 0 Å². The zero-order valence-electron chi connectivity index (χ0n) is 12.6. The van der Waals surface area contributed by atoms with Crippen LogP contribution in [0.2, 0.25) is 5.02 Å². The minimum Gasteiger partial charge on any atom is -0.493 e. The van der Waals surface area contributed by atoms with Gasteiger partial charge in [-0.15, -0.1) is 0 Å². The Labute approximate surface area is 135 Å². The maximum Gasteiger partial charge on any atom is 0.150 e. The molecule has 3 heterocycles. The van der Waals surface area contributed by atoms with Crippen molar-refractivity contribution in [1.29, 1.82) is 0 Å². The number of hydrogen-bond donors (Lipinski definition) is 0. The predicted octanol–water partition coefficient (Wildman–Crippen LogP) is 3.13. The molecule has 5 nitrogen and oxygen atoms in total. The third kappa shape index (κ3) is 3.47. The van der Waals surface area contributed by atoms with Gasteiger partial charge in [0.1, 0.15) is 17.1 Å². The molecule has 0 unspecified atom stereocenters. The van der Waals surface area contributed by atoms with Crippen LogP contribution in [0.4, 0.5) is 5.82 Å². The third-order valence-corrected chi connectivity index (χ3v) is 4.27. The zero-order chi connectivity index (χ0) is 15.4. The Morgan fingerprint density at radius 3 is 2.82 bits per heavy atom. The molecule has 0 N–H and O–H groups in total. The molecular weight excluding hydrogens is 300 g/mol. The summed E-state index contributed by atoms with van der Waals surface area (Å²) in [6.07, 6.45) is 8.93. The molecule has 1 aliphatic heterocycles. The Kier molecular flexibility index (Phi) is 4.73. The van der Waals surface area contributed by atoms with Crippen molar-refractivity contribution in [2.45, 2.75) is 19.8 Å². The van der Waals surface area contributed by atoms with Gasteiger partial charge >= 0.3 is 0 Å². The lowest BCUT2D eigenvalue weighted by atomic mass is 9.98. The summed E-state index contributed by atoms with van der Waals surface area (Å²) >= 11 is 6.16. The van der Waals surface area contributed by atoms with Gasteiger partial charge in [0, 0.05) is 31.0 Å². The van der Waals surface area contributed by atoms with Crippen LogP contribution in [0.15, 0.2) is 31.0 Å². The second-order valence-electron chi connectivity index (χ2n) is 5.58. The van der Waals surface area contributed by atoms with Crippen molar-refractivity contribution in [3.8, 4) is 5.75 Å². The number of aryl methyl sites for hydroxylation is 1. The molecular formula is C16H19ClN4O. The Morgan fingerprint density at radius 1 is 1.27 bits per heavy atom. The van der Waals surface area contributed by atoms with Crippen molar-refractivity contribution in [1.82, 2.24) is 15.0 Å². The molecule has 0 amide bonds. The molecule has 0 atom stereocenters. The maximum atomic E-state index is 6.16. The first-order valence-corrected chi connectivity index (χ1v) is 7.85. The van der Waals surface area contributed by atoms with Crippen LogP contribution in [0, 0.1) is 12.8 Å². The Hall–Kier alpha value is -1.88. The van der Waals surface area contributed by atoms with E-state index in [0.717, 1.165) is 49.7 Å². The van der Waals surface area contributed by atoms with E-state index in [1.54, 1.807) is 18.7 Å². The molecule has 1 fully saturated rings. The van der Waals surface area contributed by atoms with Crippen molar-refractivity contribution >= 4 is 17.4 Å². The normalized spacial score (nSPS) is 15.8. The van der Waals surface area contributed by atoms with Gasteiger partial charge in [0.15, 0.2) is 5.82 Å². The minimum atomic E-state index is 0.560. The number of hydrogen-bond acceptors (Lipinski definition) is 5. The van der Waals surface area contributed by atoms with E-state index in [4.69, 9.17) is 16.3 Å². The van der Waals surface area contributed by atoms with Crippen LogP contribution in [0.25, 0.3) is 0 Å². The topological polar surface area (TPSA) is 51.1 Å². The summed E-state index contributed by atoms with van der Waals surface area (Å²) in [5, 5.41) is 0.615. The van der Waals surface area contributed by atoms with E-state index in [9.17, 15) is 0 Å². The Bertz CT molecular complexity index is 629. The first-order chi connectivity index (χ1) is 10.7. The average molecular weight is 319 g/mol. The highest BCUT2D eigenvalue weighted by atomic mass is 35.5. The van der Waals surface area contributed by atoms with Crippen LogP contribution in [-0.2, 0) is 0 Å². The first kappa shape index (κ1) is 15.0. The molecule has 0 saturated carbocycles. The summed E-state index contributed by atoms with van der Waals surface area (Å²) < 4.78 is 5.93. The summed E-state index contributed by atoms with van der Waals surface area (Å²) in [4.78, 5) is 14.5. The fraction of sp³-hybridized carbons (Fsp3) is 0.438. The molecule has 116 valence electrons. The summed E-state index contributed by atoms with van der Waals surface area (Å²) in [7, 11) is 0. The maximum absolute atomic E-state index is 6.16. The highest BCUT2D eigenvalue weighted by Gasteiger charge is 2.22.